The van der Waals surface area contributed by atoms with Crippen molar-refractivity contribution in [3.05, 3.63) is 0 Å². The van der Waals surface area contributed by atoms with E-state index in [1.54, 1.807) is 9.80 Å². The van der Waals surface area contributed by atoms with Crippen LogP contribution in [-0.4, -0.2) is 126 Å². The average Bonchev–Trinajstić information content (AvgIpc) is 2.77. The van der Waals surface area contributed by atoms with Crippen LogP contribution in [0.2, 0.25) is 0 Å². The highest BCUT2D eigenvalue weighted by Gasteiger charge is 2.43. The van der Waals surface area contributed by atoms with Crippen molar-refractivity contribution in [3.8, 4) is 0 Å². The van der Waals surface area contributed by atoms with Crippen LogP contribution in [0.15, 0.2) is 0 Å². The maximum atomic E-state index is 11.4. The lowest BCUT2D eigenvalue weighted by Gasteiger charge is -2.45. The van der Waals surface area contributed by atoms with Crippen molar-refractivity contribution in [1.29, 1.82) is 0 Å². The van der Waals surface area contributed by atoms with E-state index in [0.29, 0.717) is 0 Å². The van der Waals surface area contributed by atoms with Crippen LogP contribution in [0, 0.1) is 0 Å². The van der Waals surface area contributed by atoms with E-state index in [1.807, 2.05) is 0 Å². The summed E-state index contributed by atoms with van der Waals surface area (Å²) in [4.78, 5) is 59.5. The van der Waals surface area contributed by atoms with Gasteiger partial charge in [-0.1, -0.05) is 0 Å². The Balaban J connectivity index is 3.32. The summed E-state index contributed by atoms with van der Waals surface area (Å²) in [7, 11) is 0. The second-order valence-corrected chi connectivity index (χ2v) is 6.63. The minimum Gasteiger partial charge on any atom is -0.480 e. The van der Waals surface area contributed by atoms with Gasteiger partial charge in [0.15, 0.2) is 0 Å². The summed E-state index contributed by atoms with van der Waals surface area (Å²) in [6.45, 7) is -0.919. The van der Waals surface area contributed by atoms with Crippen LogP contribution < -0.4 is 0 Å². The van der Waals surface area contributed by atoms with Crippen molar-refractivity contribution in [2.45, 2.75) is 12.0 Å². The van der Waals surface area contributed by atoms with Gasteiger partial charge in [-0.3, -0.25) is 38.7 Å². The quantitative estimate of drug-likeness (QED) is 0.154. The molecule has 0 bridgehead atoms. The van der Waals surface area contributed by atoms with Gasteiger partial charge in [0.05, 0.1) is 31.8 Å². The van der Waals surface area contributed by atoms with Crippen molar-refractivity contribution in [2.24, 2.45) is 0 Å². The van der Waals surface area contributed by atoms with Gasteiger partial charge >= 0.3 is 17.9 Å². The highest BCUT2D eigenvalue weighted by atomic mass is 16.5. The Labute approximate surface area is 166 Å². The molecule has 13 heteroatoms. The molecule has 3 N–H and O–H groups in total. The molecule has 0 aliphatic carbocycles. The van der Waals surface area contributed by atoms with E-state index in [0.717, 1.165) is 0 Å². The smallest absolute Gasteiger partial charge is 0.317 e. The number of carboxylic acids is 3. The fourth-order valence-corrected chi connectivity index (χ4v) is 3.42. The number of carbonyl (C=O) groups excluding carboxylic acids is 2. The maximum Gasteiger partial charge on any atom is 0.317 e. The number of aliphatic carboxylic acids is 3. The molecule has 0 amide bonds. The van der Waals surface area contributed by atoms with E-state index in [9.17, 15) is 39.3 Å². The molecule has 0 aromatic heterocycles. The Morgan fingerprint density at radius 3 is 1.83 bits per heavy atom. The van der Waals surface area contributed by atoms with Gasteiger partial charge in [-0.2, -0.15) is 0 Å². The molecule has 1 saturated heterocycles. The Hall–Kier alpha value is -2.77. The summed E-state index contributed by atoms with van der Waals surface area (Å²) in [6.07, 6.45) is 0.0630. The molecule has 13 nitrogen and oxygen atoms in total. The molecule has 1 aliphatic heterocycles. The Bertz CT molecular complexity index is 573. The maximum absolute atomic E-state index is 11.4. The van der Waals surface area contributed by atoms with Crippen LogP contribution in [-0.2, 0) is 33.4 Å². The Morgan fingerprint density at radius 1 is 0.897 bits per heavy atom. The molecule has 1 rings (SSSR count). The third-order valence-electron chi connectivity index (χ3n) is 4.53. The SMILES string of the molecule is O=COCCC1(N(COC=O)CC(=O)O)CN(CC(=O)O)CCN(CC(=O)O)C1. The molecule has 0 aromatic carbocycles. The summed E-state index contributed by atoms with van der Waals surface area (Å²) in [5.41, 5.74) is -1.16. The number of carboxylic acid groups (broad SMARTS) is 3. The standard InChI is InChI=1S/C16H25N3O10/c20-11-28-4-1-16(19(7-15(26)27)10-29-12-21)8-17(5-13(22)23)2-3-18(9-16)6-14(24)25/h11-12H,1-10H2,(H,22,23)(H,24,25)(H,26,27). The average molecular weight is 419 g/mol. The zero-order valence-corrected chi connectivity index (χ0v) is 15.8. The van der Waals surface area contributed by atoms with Crippen LogP contribution in [0.4, 0.5) is 0 Å². The minimum atomic E-state index is -1.23. The topological polar surface area (TPSA) is 174 Å². The first-order valence-corrected chi connectivity index (χ1v) is 8.68. The lowest BCUT2D eigenvalue weighted by Crippen LogP contribution is -2.62. The first-order valence-electron chi connectivity index (χ1n) is 8.68. The molecule has 164 valence electrons. The van der Waals surface area contributed by atoms with E-state index in [2.05, 4.69) is 0 Å². The van der Waals surface area contributed by atoms with E-state index < -0.39 is 36.7 Å². The second kappa shape index (κ2) is 11.9. The van der Waals surface area contributed by atoms with E-state index in [4.69, 9.17) is 9.47 Å². The van der Waals surface area contributed by atoms with Crippen molar-refractivity contribution in [1.82, 2.24) is 14.7 Å². The predicted molar refractivity (Wildman–Crippen MR) is 93.9 cm³/mol. The van der Waals surface area contributed by atoms with E-state index >= 15 is 0 Å². The molecule has 29 heavy (non-hydrogen) atoms. The van der Waals surface area contributed by atoms with Gasteiger partial charge in [0, 0.05) is 32.6 Å². The zero-order valence-electron chi connectivity index (χ0n) is 15.8. The molecule has 0 atom stereocenters. The predicted octanol–water partition coefficient (Wildman–Crippen LogP) is -2.41. The lowest BCUT2D eigenvalue weighted by molar-refractivity contribution is -0.151. The van der Waals surface area contributed by atoms with Crippen LogP contribution in [0.3, 0.4) is 0 Å². The molecule has 1 heterocycles. The van der Waals surface area contributed by atoms with Crippen molar-refractivity contribution in [2.75, 3.05) is 59.2 Å². The first-order chi connectivity index (χ1) is 13.7. The van der Waals surface area contributed by atoms with Gasteiger partial charge in [0.25, 0.3) is 12.9 Å². The highest BCUT2D eigenvalue weighted by molar-refractivity contribution is 5.70. The molecule has 0 spiro atoms. The molecule has 1 fully saturated rings. The normalized spacial score (nSPS) is 17.3. The Kier molecular flexibility index (Phi) is 9.99. The molecule has 0 radical (unpaired) electrons. The van der Waals surface area contributed by atoms with Crippen LogP contribution in [0.25, 0.3) is 0 Å². The van der Waals surface area contributed by atoms with Gasteiger partial charge in [0.2, 0.25) is 0 Å². The number of hydrogen-bond donors (Lipinski definition) is 3. The molecular formula is C16H25N3O10. The molecule has 0 saturated carbocycles. The molecule has 0 aromatic rings. The van der Waals surface area contributed by atoms with Gasteiger partial charge in [-0.05, 0) is 0 Å². The van der Waals surface area contributed by atoms with Gasteiger partial charge in [0.1, 0.15) is 6.73 Å². The van der Waals surface area contributed by atoms with Crippen molar-refractivity contribution < 1.29 is 48.8 Å². The third kappa shape index (κ3) is 8.41. The zero-order chi connectivity index (χ0) is 21.9. The monoisotopic (exact) mass is 419 g/mol. The van der Waals surface area contributed by atoms with Crippen molar-refractivity contribution >= 4 is 30.9 Å². The molecular weight excluding hydrogens is 394 g/mol. The van der Waals surface area contributed by atoms with Crippen LogP contribution >= 0.6 is 0 Å². The summed E-state index contributed by atoms with van der Waals surface area (Å²) in [5.74, 6) is -3.44. The van der Waals surface area contributed by atoms with Gasteiger partial charge < -0.3 is 24.8 Å². The lowest BCUT2D eigenvalue weighted by atomic mass is 9.91. The minimum absolute atomic E-state index is 0.0349. The van der Waals surface area contributed by atoms with Gasteiger partial charge in [-0.25, -0.2) is 0 Å². The summed E-state index contributed by atoms with van der Waals surface area (Å²) in [5, 5.41) is 27.7. The van der Waals surface area contributed by atoms with E-state index in [-0.39, 0.29) is 65.2 Å². The third-order valence-corrected chi connectivity index (χ3v) is 4.53. The number of rotatable bonds is 14. The Morgan fingerprint density at radius 2 is 1.41 bits per heavy atom. The molecule has 0 unspecified atom stereocenters. The molecule has 1 aliphatic rings. The summed E-state index contributed by atoms with van der Waals surface area (Å²) < 4.78 is 9.52. The fraction of sp³-hybridized carbons (Fsp3) is 0.688. The number of hydrogen-bond acceptors (Lipinski definition) is 10. The van der Waals surface area contributed by atoms with Crippen molar-refractivity contribution in [3.63, 3.8) is 0 Å². The fourth-order valence-electron chi connectivity index (χ4n) is 3.42. The highest BCUT2D eigenvalue weighted by Crippen LogP contribution is 2.26. The van der Waals surface area contributed by atoms with Crippen LogP contribution in [0.5, 0.6) is 0 Å². The van der Waals surface area contributed by atoms with E-state index in [1.165, 1.54) is 4.90 Å². The summed E-state index contributed by atoms with van der Waals surface area (Å²) in [6, 6.07) is 0. The van der Waals surface area contributed by atoms with Crippen LogP contribution in [0.1, 0.15) is 6.42 Å². The summed E-state index contributed by atoms with van der Waals surface area (Å²) >= 11 is 0. The largest absolute Gasteiger partial charge is 0.480 e. The number of nitrogens with zero attached hydrogens (tertiary/aromatic N) is 3. The number of carbonyl (C=O) groups is 5. The first kappa shape index (κ1) is 24.3. The second-order valence-electron chi connectivity index (χ2n) is 6.63. The van der Waals surface area contributed by atoms with Gasteiger partial charge in [-0.15, -0.1) is 0 Å². The number of ether oxygens (including phenoxy) is 2.